The molecular weight excluding hydrogens is 523 g/mol. The molecule has 0 aliphatic carbocycles. The molecule has 0 amide bonds. The summed E-state index contributed by atoms with van der Waals surface area (Å²) in [5.41, 5.74) is 1.99. The van der Waals surface area contributed by atoms with Crippen LogP contribution in [0, 0.1) is 0 Å². The first-order valence-corrected chi connectivity index (χ1v) is 12.9. The fourth-order valence-electron chi connectivity index (χ4n) is 4.29. The Morgan fingerprint density at radius 3 is 1.63 bits per heavy atom. The van der Waals surface area contributed by atoms with Gasteiger partial charge in [-0.25, -0.2) is 9.59 Å². The van der Waals surface area contributed by atoms with Gasteiger partial charge in [-0.3, -0.25) is 0 Å². The minimum absolute atomic E-state index is 0. The first kappa shape index (κ1) is 26.3. The van der Waals surface area contributed by atoms with Crippen molar-refractivity contribution in [3.8, 4) is 0 Å². The number of carbonyl (C=O) groups is 2. The van der Waals surface area contributed by atoms with Crippen molar-refractivity contribution in [2.75, 3.05) is 14.2 Å². The third-order valence-electron chi connectivity index (χ3n) is 5.89. The molecule has 4 rings (SSSR count). The maximum atomic E-state index is 13.0. The highest BCUT2D eigenvalue weighted by Gasteiger charge is 2.48. The normalized spacial score (nSPS) is 10.7. The molecule has 35 heavy (non-hydrogen) atoms. The van der Waals surface area contributed by atoms with Gasteiger partial charge in [0.1, 0.15) is 28.7 Å². The minimum atomic E-state index is -2.47. The van der Waals surface area contributed by atoms with Gasteiger partial charge in [-0.1, -0.05) is 66.7 Å². The summed E-state index contributed by atoms with van der Waals surface area (Å²) in [5, 5.41) is 3.01. The van der Waals surface area contributed by atoms with Crippen molar-refractivity contribution in [2.45, 2.75) is 6.16 Å². The number of methoxy groups -OCH3 is 2. The van der Waals surface area contributed by atoms with Gasteiger partial charge in [0, 0.05) is 0 Å². The zero-order valence-electron chi connectivity index (χ0n) is 19.6. The van der Waals surface area contributed by atoms with Crippen molar-refractivity contribution in [1.29, 1.82) is 0 Å². The number of ether oxygens (including phenoxy) is 2. The Bertz CT molecular complexity index is 1240. The molecule has 0 aromatic heterocycles. The Balaban J connectivity index is 0.00000342. The second-order valence-corrected chi connectivity index (χ2v) is 11.3. The smallest absolute Gasteiger partial charge is 0.341 e. The number of esters is 2. The average molecular weight is 549 g/mol. The van der Waals surface area contributed by atoms with Gasteiger partial charge in [-0.2, -0.15) is 0 Å². The number of hydrogen-bond acceptors (Lipinski definition) is 4. The van der Waals surface area contributed by atoms with Crippen molar-refractivity contribution >= 4 is 35.1 Å². The van der Waals surface area contributed by atoms with Crippen LogP contribution in [0.5, 0.6) is 0 Å². The molecule has 0 aliphatic heterocycles. The number of benzene rings is 4. The molecule has 0 bridgehead atoms. The molecule has 0 unspecified atom stereocenters. The van der Waals surface area contributed by atoms with Crippen LogP contribution in [0.15, 0.2) is 109 Å². The Labute approximate surface area is 217 Å². The van der Waals surface area contributed by atoms with Crippen molar-refractivity contribution < 1.29 is 36.0 Å². The Morgan fingerprint density at radius 1 is 0.657 bits per heavy atom. The summed E-state index contributed by atoms with van der Waals surface area (Å²) in [5.74, 6) is -0.882. The average Bonchev–Trinajstić information content (AvgIpc) is 2.92. The first-order valence-electron chi connectivity index (χ1n) is 10.9. The second kappa shape index (κ2) is 11.9. The van der Waals surface area contributed by atoms with Crippen LogP contribution in [0.25, 0.3) is 0 Å². The van der Waals surface area contributed by atoms with E-state index >= 15 is 0 Å². The van der Waals surface area contributed by atoms with E-state index in [-0.39, 0.29) is 17.0 Å². The van der Waals surface area contributed by atoms with Gasteiger partial charge in [0.15, 0.2) is 0 Å². The molecule has 0 saturated heterocycles. The highest BCUT2D eigenvalue weighted by molar-refractivity contribution is 7.95. The molecule has 0 spiro atoms. The van der Waals surface area contributed by atoms with Gasteiger partial charge in [0.25, 0.3) is 0 Å². The van der Waals surface area contributed by atoms with Gasteiger partial charge in [0.2, 0.25) is 0 Å². The minimum Gasteiger partial charge on any atom is -1.00 e. The van der Waals surface area contributed by atoms with E-state index in [1.165, 1.54) is 14.2 Å². The van der Waals surface area contributed by atoms with E-state index in [1.807, 2.05) is 60.7 Å². The van der Waals surface area contributed by atoms with E-state index in [9.17, 15) is 9.59 Å². The first-order chi connectivity index (χ1) is 16.6. The van der Waals surface area contributed by atoms with E-state index in [1.54, 1.807) is 12.1 Å². The Morgan fingerprint density at radius 2 is 1.14 bits per heavy atom. The summed E-state index contributed by atoms with van der Waals surface area (Å²) >= 11 is 0. The summed E-state index contributed by atoms with van der Waals surface area (Å²) in [6.45, 7) is 0. The lowest BCUT2D eigenvalue weighted by Gasteiger charge is -2.29. The third-order valence-corrected chi connectivity index (χ3v) is 10.3. The van der Waals surface area contributed by atoms with Crippen molar-refractivity contribution in [3.63, 3.8) is 0 Å². The Kier molecular flexibility index (Phi) is 8.97. The number of halogens is 1. The molecule has 178 valence electrons. The van der Waals surface area contributed by atoms with Gasteiger partial charge in [0.05, 0.1) is 25.9 Å². The van der Waals surface area contributed by atoms with E-state index in [2.05, 4.69) is 36.4 Å². The van der Waals surface area contributed by atoms with Crippen LogP contribution in [-0.2, 0) is 15.6 Å². The zero-order chi connectivity index (χ0) is 24.0. The Hall–Kier alpha value is -3.27. The molecular formula is C29H26BrO4P. The lowest BCUT2D eigenvalue weighted by Crippen LogP contribution is -3.00. The molecule has 4 aromatic carbocycles. The maximum Gasteiger partial charge on any atom is 0.341 e. The molecule has 0 radical (unpaired) electrons. The summed E-state index contributed by atoms with van der Waals surface area (Å²) < 4.78 is 10.2. The van der Waals surface area contributed by atoms with Crippen LogP contribution in [0.1, 0.15) is 26.3 Å². The van der Waals surface area contributed by atoms with Gasteiger partial charge in [-0.15, -0.1) is 0 Å². The molecule has 6 heteroatoms. The van der Waals surface area contributed by atoms with Crippen molar-refractivity contribution in [3.05, 3.63) is 126 Å². The second-order valence-electron chi connectivity index (χ2n) is 7.84. The molecule has 0 fully saturated rings. The monoisotopic (exact) mass is 548 g/mol. The lowest BCUT2D eigenvalue weighted by atomic mass is 10.1. The molecule has 0 aliphatic rings. The molecule has 0 saturated carbocycles. The predicted molar refractivity (Wildman–Crippen MR) is 138 cm³/mol. The summed E-state index contributed by atoms with van der Waals surface area (Å²) in [4.78, 5) is 25.6. The summed E-state index contributed by atoms with van der Waals surface area (Å²) in [6, 6.07) is 35.8. The molecule has 0 N–H and O–H groups in total. The number of carbonyl (C=O) groups excluding carboxylic acids is 2. The van der Waals surface area contributed by atoms with E-state index in [4.69, 9.17) is 9.47 Å². The fraction of sp³-hybridized carbons (Fsp3) is 0.103. The zero-order valence-corrected chi connectivity index (χ0v) is 22.0. The van der Waals surface area contributed by atoms with Gasteiger partial charge in [-0.05, 0) is 48.0 Å². The summed E-state index contributed by atoms with van der Waals surface area (Å²) in [6.07, 6.45) is 0.677. The van der Waals surface area contributed by atoms with Crippen LogP contribution in [-0.4, -0.2) is 26.2 Å². The quantitative estimate of drug-likeness (QED) is 0.261. The molecule has 4 nitrogen and oxygen atoms in total. The largest absolute Gasteiger partial charge is 1.00 e. The van der Waals surface area contributed by atoms with Crippen LogP contribution in [0.3, 0.4) is 0 Å². The van der Waals surface area contributed by atoms with Crippen LogP contribution < -0.4 is 32.9 Å². The van der Waals surface area contributed by atoms with E-state index in [0.717, 1.165) is 21.5 Å². The van der Waals surface area contributed by atoms with E-state index in [0.29, 0.717) is 17.3 Å². The standard InChI is InChI=1S/C29H26O4P.BrH/c1-32-28(30)23-18-19-26(29(31)33-2)27(20-23)34(24-14-8-4-9-15-24,25-16-10-5-11-17-25)21-22-12-6-3-7-13-22;/h3-20H,21H2,1-2H3;1H/q+1;/p-1. The highest BCUT2D eigenvalue weighted by Crippen LogP contribution is 2.59. The fourth-order valence-corrected chi connectivity index (χ4v) is 8.74. The number of hydrogen-bond donors (Lipinski definition) is 0. The van der Waals surface area contributed by atoms with Gasteiger partial charge >= 0.3 is 11.9 Å². The van der Waals surface area contributed by atoms with Crippen LogP contribution in [0.2, 0.25) is 0 Å². The predicted octanol–water partition coefficient (Wildman–Crippen LogP) is 1.76. The highest BCUT2D eigenvalue weighted by atomic mass is 79.9. The topological polar surface area (TPSA) is 52.6 Å². The van der Waals surface area contributed by atoms with Gasteiger partial charge < -0.3 is 26.5 Å². The van der Waals surface area contributed by atoms with Crippen LogP contribution in [0.4, 0.5) is 0 Å². The third kappa shape index (κ3) is 5.37. The lowest BCUT2D eigenvalue weighted by molar-refractivity contribution is -0.0000352. The molecule has 4 aromatic rings. The van der Waals surface area contributed by atoms with E-state index < -0.39 is 19.2 Å². The molecule has 0 heterocycles. The maximum absolute atomic E-state index is 13.0. The van der Waals surface area contributed by atoms with Crippen molar-refractivity contribution in [2.24, 2.45) is 0 Å². The molecule has 0 atom stereocenters. The summed E-state index contributed by atoms with van der Waals surface area (Å²) in [7, 11) is 0.270. The SMILES string of the molecule is COC(=O)c1ccc(C(=O)OC)c([P+](Cc2ccccc2)(c2ccccc2)c2ccccc2)c1.[Br-]. The number of rotatable bonds is 7. The van der Waals surface area contributed by atoms with Crippen LogP contribution >= 0.6 is 7.26 Å². The van der Waals surface area contributed by atoms with Crippen molar-refractivity contribution in [1.82, 2.24) is 0 Å².